The number of thiazole rings is 1. The summed E-state index contributed by atoms with van der Waals surface area (Å²) in [6.07, 6.45) is 1.37. The first-order valence-corrected chi connectivity index (χ1v) is 10.9. The van der Waals surface area contributed by atoms with Gasteiger partial charge in [-0.25, -0.2) is 9.37 Å². The van der Waals surface area contributed by atoms with Gasteiger partial charge in [0.2, 0.25) is 5.91 Å². The minimum atomic E-state index is -0.486. The Bertz CT molecular complexity index is 945. The van der Waals surface area contributed by atoms with Gasteiger partial charge in [0.15, 0.2) is 4.34 Å². The zero-order valence-corrected chi connectivity index (χ0v) is 17.3. The van der Waals surface area contributed by atoms with E-state index >= 15 is 0 Å². The minimum absolute atomic E-state index is 0.0616. The molecule has 0 saturated carbocycles. The van der Waals surface area contributed by atoms with E-state index < -0.39 is 17.0 Å². The Morgan fingerprint density at radius 3 is 2.86 bits per heavy atom. The second kappa shape index (κ2) is 9.35. The van der Waals surface area contributed by atoms with Crippen molar-refractivity contribution < 1.29 is 18.8 Å². The molecule has 0 spiro atoms. The molecule has 6 nitrogen and oxygen atoms in total. The molecule has 0 atom stereocenters. The van der Waals surface area contributed by atoms with Crippen molar-refractivity contribution in [1.82, 2.24) is 15.2 Å². The molecule has 1 aliphatic rings. The standard InChI is InChI=1S/C18H16FN3O3S3/c1-11-9-26-17(21-11)27-10-15(23)20-6-7-22-16(24)14(28-18(22)25)8-12-4-2-3-5-13(12)19/h2-5,8-9H,6-7,10H2,1H3,(H,20,23)/b14-8-. The van der Waals surface area contributed by atoms with Crippen LogP contribution < -0.4 is 5.32 Å². The molecule has 28 heavy (non-hydrogen) atoms. The molecule has 2 heterocycles. The van der Waals surface area contributed by atoms with Crippen molar-refractivity contribution in [2.24, 2.45) is 0 Å². The molecule has 2 aromatic rings. The number of nitrogens with zero attached hydrogens (tertiary/aromatic N) is 2. The molecule has 146 valence electrons. The van der Waals surface area contributed by atoms with Crippen molar-refractivity contribution >= 4 is 58.0 Å². The summed E-state index contributed by atoms with van der Waals surface area (Å²) in [5.41, 5.74) is 1.16. The van der Waals surface area contributed by atoms with Gasteiger partial charge in [0.05, 0.1) is 10.7 Å². The molecule has 1 N–H and O–H groups in total. The third-order valence-corrected chi connectivity index (χ3v) is 6.69. The normalized spacial score (nSPS) is 15.5. The van der Waals surface area contributed by atoms with Crippen LogP contribution in [-0.4, -0.2) is 45.8 Å². The van der Waals surface area contributed by atoms with Crippen molar-refractivity contribution in [3.8, 4) is 0 Å². The summed E-state index contributed by atoms with van der Waals surface area (Å²) in [7, 11) is 0. The van der Waals surface area contributed by atoms with Gasteiger partial charge < -0.3 is 5.32 Å². The number of carbonyl (C=O) groups excluding carboxylic acids is 3. The summed E-state index contributed by atoms with van der Waals surface area (Å²) < 4.78 is 14.6. The fraction of sp³-hybridized carbons (Fsp3) is 0.222. The van der Waals surface area contributed by atoms with E-state index in [2.05, 4.69) is 10.3 Å². The summed E-state index contributed by atoms with van der Waals surface area (Å²) >= 11 is 3.57. The Balaban J connectivity index is 1.49. The summed E-state index contributed by atoms with van der Waals surface area (Å²) in [4.78, 5) is 41.8. The maximum atomic E-state index is 13.7. The van der Waals surface area contributed by atoms with Gasteiger partial charge in [-0.1, -0.05) is 30.0 Å². The molecule has 3 rings (SSSR count). The first-order chi connectivity index (χ1) is 13.4. The van der Waals surface area contributed by atoms with Crippen LogP contribution in [0.2, 0.25) is 0 Å². The Morgan fingerprint density at radius 2 is 2.14 bits per heavy atom. The predicted molar refractivity (Wildman–Crippen MR) is 110 cm³/mol. The first-order valence-electron chi connectivity index (χ1n) is 8.25. The first kappa shape index (κ1) is 20.6. The van der Waals surface area contributed by atoms with Crippen molar-refractivity contribution in [2.45, 2.75) is 11.3 Å². The van der Waals surface area contributed by atoms with Crippen LogP contribution in [0.15, 0.2) is 38.9 Å². The van der Waals surface area contributed by atoms with Crippen molar-refractivity contribution in [1.29, 1.82) is 0 Å². The summed E-state index contributed by atoms with van der Waals surface area (Å²) in [6.45, 7) is 2.10. The molecular formula is C18H16FN3O3S3. The van der Waals surface area contributed by atoms with E-state index in [0.717, 1.165) is 26.7 Å². The molecule has 1 aromatic carbocycles. The Hall–Kier alpha value is -2.17. The number of hydrogen-bond acceptors (Lipinski definition) is 7. The lowest BCUT2D eigenvalue weighted by molar-refractivity contribution is -0.123. The van der Waals surface area contributed by atoms with E-state index in [1.807, 2.05) is 12.3 Å². The number of hydrogen-bond donors (Lipinski definition) is 1. The molecule has 3 amide bonds. The number of amides is 3. The number of aromatic nitrogens is 1. The monoisotopic (exact) mass is 437 g/mol. The lowest BCUT2D eigenvalue weighted by atomic mass is 10.2. The highest BCUT2D eigenvalue weighted by Crippen LogP contribution is 2.32. The van der Waals surface area contributed by atoms with Crippen LogP contribution in [0.25, 0.3) is 6.08 Å². The third kappa shape index (κ3) is 5.21. The van der Waals surface area contributed by atoms with Gasteiger partial charge in [0.25, 0.3) is 11.1 Å². The number of thioether (sulfide) groups is 2. The maximum absolute atomic E-state index is 13.7. The number of imide groups is 1. The average Bonchev–Trinajstić information content (AvgIpc) is 3.19. The topological polar surface area (TPSA) is 79.4 Å². The number of carbonyl (C=O) groups is 3. The highest BCUT2D eigenvalue weighted by atomic mass is 32.2. The molecule has 0 unspecified atom stereocenters. The van der Waals surface area contributed by atoms with E-state index in [4.69, 9.17) is 0 Å². The van der Waals surface area contributed by atoms with Gasteiger partial charge in [-0.15, -0.1) is 11.3 Å². The zero-order chi connectivity index (χ0) is 20.1. The molecule has 0 aliphatic carbocycles. The Labute approximate surface area is 173 Å². The van der Waals surface area contributed by atoms with Crippen molar-refractivity contribution in [3.63, 3.8) is 0 Å². The molecule has 1 aromatic heterocycles. The SMILES string of the molecule is Cc1csc(SCC(=O)NCCN2C(=O)S/C(=C\c3ccccc3F)C2=O)n1. The number of rotatable bonds is 7. The van der Waals surface area contributed by atoms with E-state index in [-0.39, 0.29) is 35.2 Å². The average molecular weight is 438 g/mol. The second-order valence-corrected chi connectivity index (χ2v) is 8.82. The lowest BCUT2D eigenvalue weighted by Gasteiger charge is -2.12. The number of nitrogens with one attached hydrogen (secondary N) is 1. The molecule has 10 heteroatoms. The third-order valence-electron chi connectivity index (χ3n) is 3.65. The quantitative estimate of drug-likeness (QED) is 0.527. The summed E-state index contributed by atoms with van der Waals surface area (Å²) in [5.74, 6) is -0.941. The minimum Gasteiger partial charge on any atom is -0.354 e. The number of benzene rings is 1. The largest absolute Gasteiger partial charge is 0.354 e. The maximum Gasteiger partial charge on any atom is 0.293 e. The molecule has 0 bridgehead atoms. The molecular weight excluding hydrogens is 421 g/mol. The molecule has 1 fully saturated rings. The zero-order valence-electron chi connectivity index (χ0n) is 14.8. The van der Waals surface area contributed by atoms with Crippen LogP contribution in [0.5, 0.6) is 0 Å². The van der Waals surface area contributed by atoms with Crippen molar-refractivity contribution in [2.75, 3.05) is 18.8 Å². The van der Waals surface area contributed by atoms with Gasteiger partial charge in [0.1, 0.15) is 5.82 Å². The number of halogens is 1. The highest BCUT2D eigenvalue weighted by Gasteiger charge is 2.34. The van der Waals surface area contributed by atoms with E-state index in [0.29, 0.717) is 0 Å². The van der Waals surface area contributed by atoms with Gasteiger partial charge in [-0.2, -0.15) is 0 Å². The molecule has 0 radical (unpaired) electrons. The highest BCUT2D eigenvalue weighted by molar-refractivity contribution is 8.18. The summed E-state index contributed by atoms with van der Waals surface area (Å²) in [5, 5.41) is 4.16. The molecule has 1 saturated heterocycles. The van der Waals surface area contributed by atoms with E-state index in [1.54, 1.807) is 12.1 Å². The van der Waals surface area contributed by atoms with Crippen molar-refractivity contribution in [3.05, 3.63) is 51.6 Å². The van der Waals surface area contributed by atoms with Gasteiger partial charge in [-0.3, -0.25) is 19.3 Å². The van der Waals surface area contributed by atoms with E-state index in [1.165, 1.54) is 41.3 Å². The van der Waals surface area contributed by atoms with Crippen LogP contribution in [0.1, 0.15) is 11.3 Å². The van der Waals surface area contributed by atoms with Crippen LogP contribution in [0, 0.1) is 12.7 Å². The smallest absolute Gasteiger partial charge is 0.293 e. The van der Waals surface area contributed by atoms with Crippen LogP contribution in [0.3, 0.4) is 0 Å². The number of aryl methyl sites for hydroxylation is 1. The van der Waals surface area contributed by atoms with Crippen LogP contribution in [-0.2, 0) is 9.59 Å². The Kier molecular flexibility index (Phi) is 6.87. The van der Waals surface area contributed by atoms with Gasteiger partial charge >= 0.3 is 0 Å². The molecule has 1 aliphatic heterocycles. The van der Waals surface area contributed by atoms with Crippen LogP contribution >= 0.6 is 34.9 Å². The predicted octanol–water partition coefficient (Wildman–Crippen LogP) is 3.54. The van der Waals surface area contributed by atoms with Gasteiger partial charge in [0, 0.05) is 29.7 Å². The van der Waals surface area contributed by atoms with Gasteiger partial charge in [-0.05, 0) is 30.8 Å². The van der Waals surface area contributed by atoms with Crippen LogP contribution in [0.4, 0.5) is 9.18 Å². The lowest BCUT2D eigenvalue weighted by Crippen LogP contribution is -2.37. The fourth-order valence-corrected chi connectivity index (χ4v) is 4.85. The van der Waals surface area contributed by atoms with E-state index in [9.17, 15) is 18.8 Å². The summed E-state index contributed by atoms with van der Waals surface area (Å²) in [6, 6.07) is 6.02. The second-order valence-electron chi connectivity index (χ2n) is 5.75. The fourth-order valence-electron chi connectivity index (χ4n) is 2.31. The Morgan fingerprint density at radius 1 is 1.36 bits per heavy atom.